The van der Waals surface area contributed by atoms with Crippen molar-refractivity contribution in [3.8, 4) is 5.95 Å². The van der Waals surface area contributed by atoms with Gasteiger partial charge in [-0.1, -0.05) is 23.2 Å². The van der Waals surface area contributed by atoms with Crippen LogP contribution in [0.5, 0.6) is 0 Å². The Bertz CT molecular complexity index is 1130. The maximum absolute atomic E-state index is 12.9. The Balaban J connectivity index is 1.95. The van der Waals surface area contributed by atoms with Crippen LogP contribution >= 0.6 is 23.2 Å². The van der Waals surface area contributed by atoms with Crippen molar-refractivity contribution in [3.05, 3.63) is 46.2 Å². The molecule has 0 unspecified atom stereocenters. The zero-order valence-electron chi connectivity index (χ0n) is 12.5. The molecular formula is C15H8Cl2F3N5. The van der Waals surface area contributed by atoms with Crippen LogP contribution in [0.25, 0.3) is 28.0 Å². The Hall–Kier alpha value is -2.32. The molecule has 0 spiro atoms. The maximum Gasteiger partial charge on any atom is 0.417 e. The second-order valence-corrected chi connectivity index (χ2v) is 6.19. The molecule has 5 nitrogen and oxygen atoms in total. The molecule has 0 atom stereocenters. The van der Waals surface area contributed by atoms with Gasteiger partial charge in [0, 0.05) is 23.7 Å². The Morgan fingerprint density at radius 2 is 1.84 bits per heavy atom. The standard InChI is InChI=1S/C15H8Cl2F3N5/c1-24-13-11(4-7(6-21-13)15(18,19)20)22-14(24)25-12(17)9-5-8(16)2-3-10(9)23-25/h2-6H,1H3. The van der Waals surface area contributed by atoms with Crippen molar-refractivity contribution in [2.45, 2.75) is 6.18 Å². The van der Waals surface area contributed by atoms with Crippen molar-refractivity contribution < 1.29 is 13.2 Å². The molecule has 25 heavy (non-hydrogen) atoms. The number of nitrogens with zero attached hydrogens (tertiary/aromatic N) is 5. The van der Waals surface area contributed by atoms with Crippen LogP contribution in [0.3, 0.4) is 0 Å². The molecule has 4 aromatic rings. The topological polar surface area (TPSA) is 48.5 Å². The maximum atomic E-state index is 12.9. The largest absolute Gasteiger partial charge is 0.417 e. The van der Waals surface area contributed by atoms with Gasteiger partial charge in [0.1, 0.15) is 10.7 Å². The van der Waals surface area contributed by atoms with Gasteiger partial charge < -0.3 is 0 Å². The molecule has 0 aliphatic heterocycles. The molecule has 0 bridgehead atoms. The quantitative estimate of drug-likeness (QED) is 0.479. The number of imidazole rings is 1. The number of pyridine rings is 1. The molecule has 0 fully saturated rings. The highest BCUT2D eigenvalue weighted by molar-refractivity contribution is 6.36. The zero-order chi connectivity index (χ0) is 17.9. The summed E-state index contributed by atoms with van der Waals surface area (Å²) in [6.45, 7) is 0. The van der Waals surface area contributed by atoms with Crippen molar-refractivity contribution in [1.82, 2.24) is 24.3 Å². The molecule has 1 aromatic carbocycles. The highest BCUT2D eigenvalue weighted by atomic mass is 35.5. The second-order valence-electron chi connectivity index (χ2n) is 5.40. The molecule has 10 heteroatoms. The number of halogens is 5. The molecule has 3 heterocycles. The van der Waals surface area contributed by atoms with Crippen molar-refractivity contribution >= 4 is 45.3 Å². The fraction of sp³-hybridized carbons (Fsp3) is 0.133. The van der Waals surface area contributed by atoms with E-state index in [-0.39, 0.29) is 22.3 Å². The van der Waals surface area contributed by atoms with Gasteiger partial charge in [-0.3, -0.25) is 4.57 Å². The molecule has 0 saturated heterocycles. The van der Waals surface area contributed by atoms with Crippen molar-refractivity contribution in [2.75, 3.05) is 0 Å². The molecule has 0 aliphatic carbocycles. The minimum Gasteiger partial charge on any atom is -0.296 e. The van der Waals surface area contributed by atoms with Crippen LogP contribution in [0, 0.1) is 0 Å². The first-order chi connectivity index (χ1) is 11.8. The smallest absolute Gasteiger partial charge is 0.296 e. The molecule has 0 radical (unpaired) electrons. The Morgan fingerprint density at radius 1 is 1.08 bits per heavy atom. The van der Waals surface area contributed by atoms with Gasteiger partial charge in [-0.25, -0.2) is 9.97 Å². The lowest BCUT2D eigenvalue weighted by atomic mass is 10.2. The van der Waals surface area contributed by atoms with Gasteiger partial charge in [0.15, 0.2) is 5.65 Å². The third-order valence-corrected chi connectivity index (χ3v) is 4.38. The summed E-state index contributed by atoms with van der Waals surface area (Å²) in [5.41, 5.74) is 0.108. The fourth-order valence-electron chi connectivity index (χ4n) is 2.57. The van der Waals surface area contributed by atoms with E-state index in [1.165, 1.54) is 9.25 Å². The molecule has 0 aliphatic rings. The van der Waals surface area contributed by atoms with E-state index in [4.69, 9.17) is 23.2 Å². The van der Waals surface area contributed by atoms with Crippen molar-refractivity contribution in [1.29, 1.82) is 0 Å². The lowest BCUT2D eigenvalue weighted by molar-refractivity contribution is -0.137. The van der Waals surface area contributed by atoms with Crippen LogP contribution in [0.2, 0.25) is 10.2 Å². The van der Waals surface area contributed by atoms with E-state index >= 15 is 0 Å². The average molecular weight is 386 g/mol. The lowest BCUT2D eigenvalue weighted by Crippen LogP contribution is -2.06. The highest BCUT2D eigenvalue weighted by Gasteiger charge is 2.32. The van der Waals surface area contributed by atoms with Crippen LogP contribution in [0.1, 0.15) is 5.56 Å². The molecule has 128 valence electrons. The molecule has 0 amide bonds. The molecular weight excluding hydrogens is 378 g/mol. The van der Waals surface area contributed by atoms with Gasteiger partial charge in [-0.05, 0) is 24.3 Å². The predicted octanol–water partition coefficient (Wildman–Crippen LogP) is 4.63. The van der Waals surface area contributed by atoms with Gasteiger partial charge in [-0.2, -0.15) is 23.0 Å². The van der Waals surface area contributed by atoms with E-state index in [0.717, 1.165) is 12.3 Å². The van der Waals surface area contributed by atoms with E-state index in [1.807, 2.05) is 0 Å². The minimum absolute atomic E-state index is 0.0981. The van der Waals surface area contributed by atoms with Crippen LogP contribution in [0.4, 0.5) is 13.2 Å². The van der Waals surface area contributed by atoms with Crippen LogP contribution in [-0.2, 0) is 13.2 Å². The zero-order valence-corrected chi connectivity index (χ0v) is 14.0. The average Bonchev–Trinajstić information content (AvgIpc) is 3.04. The van der Waals surface area contributed by atoms with E-state index in [2.05, 4.69) is 15.1 Å². The Labute approximate surface area is 148 Å². The van der Waals surface area contributed by atoms with Crippen molar-refractivity contribution in [3.63, 3.8) is 0 Å². The van der Waals surface area contributed by atoms with Gasteiger partial charge in [0.25, 0.3) is 0 Å². The number of aromatic nitrogens is 5. The number of aryl methyl sites for hydroxylation is 1. The number of rotatable bonds is 1. The number of benzene rings is 1. The second kappa shape index (κ2) is 5.34. The third kappa shape index (κ3) is 2.52. The monoisotopic (exact) mass is 385 g/mol. The van der Waals surface area contributed by atoms with Gasteiger partial charge in [0.05, 0.1) is 11.1 Å². The summed E-state index contributed by atoms with van der Waals surface area (Å²) >= 11 is 12.3. The predicted molar refractivity (Wildman–Crippen MR) is 88.2 cm³/mol. The van der Waals surface area contributed by atoms with Gasteiger partial charge in [-0.15, -0.1) is 0 Å². The molecule has 4 rings (SSSR count). The molecule has 0 N–H and O–H groups in total. The summed E-state index contributed by atoms with van der Waals surface area (Å²) in [6, 6.07) is 5.97. The van der Waals surface area contributed by atoms with E-state index < -0.39 is 11.7 Å². The number of alkyl halides is 3. The van der Waals surface area contributed by atoms with Gasteiger partial charge in [0.2, 0.25) is 5.95 Å². The Morgan fingerprint density at radius 3 is 2.56 bits per heavy atom. The van der Waals surface area contributed by atoms with Crippen molar-refractivity contribution in [2.24, 2.45) is 7.05 Å². The number of hydrogen-bond acceptors (Lipinski definition) is 3. The lowest BCUT2D eigenvalue weighted by Gasteiger charge is -2.05. The summed E-state index contributed by atoms with van der Waals surface area (Å²) in [4.78, 5) is 8.08. The summed E-state index contributed by atoms with van der Waals surface area (Å²) < 4.78 is 41.5. The van der Waals surface area contributed by atoms with Crippen LogP contribution in [-0.4, -0.2) is 24.3 Å². The fourth-order valence-corrected chi connectivity index (χ4v) is 3.00. The van der Waals surface area contributed by atoms with E-state index in [9.17, 15) is 13.2 Å². The first-order valence-electron chi connectivity index (χ1n) is 6.99. The third-order valence-electron chi connectivity index (χ3n) is 3.78. The highest BCUT2D eigenvalue weighted by Crippen LogP contribution is 2.32. The summed E-state index contributed by atoms with van der Waals surface area (Å²) in [5, 5.41) is 5.71. The summed E-state index contributed by atoms with van der Waals surface area (Å²) in [5.74, 6) is 0.249. The van der Waals surface area contributed by atoms with Gasteiger partial charge >= 0.3 is 6.18 Å². The van der Waals surface area contributed by atoms with E-state index in [1.54, 1.807) is 25.2 Å². The normalized spacial score (nSPS) is 12.4. The van der Waals surface area contributed by atoms with Crippen LogP contribution < -0.4 is 0 Å². The Kier molecular flexibility index (Phi) is 3.45. The molecule has 0 saturated carbocycles. The SMILES string of the molecule is Cn1c(-n2nc3ccc(Cl)cc3c2Cl)nc2cc(C(F)(F)F)cnc21. The summed E-state index contributed by atoms with van der Waals surface area (Å²) in [7, 11) is 1.63. The number of fused-ring (bicyclic) bond motifs is 2. The first-order valence-corrected chi connectivity index (χ1v) is 7.75. The summed E-state index contributed by atoms with van der Waals surface area (Å²) in [6.07, 6.45) is -3.72. The van der Waals surface area contributed by atoms with E-state index in [0.29, 0.717) is 15.9 Å². The van der Waals surface area contributed by atoms with Crippen LogP contribution in [0.15, 0.2) is 30.5 Å². The molecule has 3 aromatic heterocycles. The first kappa shape index (κ1) is 16.2. The minimum atomic E-state index is -4.49. The number of hydrogen-bond donors (Lipinski definition) is 0.